The second-order valence-electron chi connectivity index (χ2n) is 7.96. The van der Waals surface area contributed by atoms with Gasteiger partial charge in [-0.25, -0.2) is 4.79 Å². The van der Waals surface area contributed by atoms with Gasteiger partial charge in [0.2, 0.25) is 5.60 Å². The second-order valence-corrected chi connectivity index (χ2v) is 8.36. The molecule has 1 aliphatic heterocycles. The van der Waals surface area contributed by atoms with Crippen LogP contribution in [0.2, 0.25) is 5.02 Å². The monoisotopic (exact) mass is 423 g/mol. The van der Waals surface area contributed by atoms with Gasteiger partial charge in [0.05, 0.1) is 22.8 Å². The highest BCUT2D eigenvalue weighted by Crippen LogP contribution is 2.41. The Balaban J connectivity index is 1.22. The lowest BCUT2D eigenvalue weighted by molar-refractivity contribution is -0.143. The van der Waals surface area contributed by atoms with Crippen LogP contribution in [0.25, 0.3) is 10.9 Å². The van der Waals surface area contributed by atoms with Crippen LogP contribution in [0.3, 0.4) is 0 Å². The molecule has 1 aliphatic rings. The lowest BCUT2D eigenvalue weighted by Crippen LogP contribution is -2.23. The van der Waals surface area contributed by atoms with Crippen LogP contribution in [-0.2, 0) is 28.0 Å². The van der Waals surface area contributed by atoms with Crippen molar-refractivity contribution < 1.29 is 14.6 Å². The van der Waals surface area contributed by atoms with Crippen molar-refractivity contribution in [1.82, 2.24) is 4.98 Å². The zero-order valence-corrected chi connectivity index (χ0v) is 17.7. The van der Waals surface area contributed by atoms with Gasteiger partial charge in [-0.1, -0.05) is 73.3 Å². The summed E-state index contributed by atoms with van der Waals surface area (Å²) in [6.45, 7) is 0.269. The Morgan fingerprint density at radius 3 is 2.43 bits per heavy atom. The van der Waals surface area contributed by atoms with Crippen LogP contribution in [0.4, 0.5) is 0 Å². The number of epoxide rings is 1. The molecule has 1 aromatic heterocycles. The number of hydrogen-bond acceptors (Lipinski definition) is 3. The quantitative estimate of drug-likeness (QED) is 0.324. The van der Waals surface area contributed by atoms with Gasteiger partial charge in [-0.15, -0.1) is 0 Å². The Hall–Kier alpha value is -2.43. The Bertz CT molecular complexity index is 1050. The minimum Gasteiger partial charge on any atom is -0.479 e. The Morgan fingerprint density at radius 1 is 1.00 bits per heavy atom. The summed E-state index contributed by atoms with van der Waals surface area (Å²) >= 11 is 6.40. The van der Waals surface area contributed by atoms with Crippen LogP contribution in [0, 0.1) is 0 Å². The molecule has 0 spiro atoms. The van der Waals surface area contributed by atoms with Crippen molar-refractivity contribution in [3.8, 4) is 0 Å². The van der Waals surface area contributed by atoms with Crippen molar-refractivity contribution in [2.24, 2.45) is 0 Å². The highest BCUT2D eigenvalue weighted by atomic mass is 35.5. The summed E-state index contributed by atoms with van der Waals surface area (Å²) in [7, 11) is 0. The van der Waals surface area contributed by atoms with E-state index in [1.54, 1.807) is 0 Å². The van der Waals surface area contributed by atoms with E-state index in [0.29, 0.717) is 0 Å². The lowest BCUT2D eigenvalue weighted by atomic mass is 9.91. The number of para-hydroxylation sites is 1. The zero-order chi connectivity index (χ0) is 21.0. The molecule has 0 saturated carbocycles. The van der Waals surface area contributed by atoms with E-state index in [4.69, 9.17) is 21.3 Å². The lowest BCUT2D eigenvalue weighted by Gasteiger charge is -2.13. The van der Waals surface area contributed by atoms with Gasteiger partial charge in [-0.2, -0.15) is 0 Å². The fourth-order valence-electron chi connectivity index (χ4n) is 4.04. The number of carbonyl (C=O) groups is 1. The van der Waals surface area contributed by atoms with E-state index in [0.717, 1.165) is 77.7 Å². The number of pyridine rings is 1. The summed E-state index contributed by atoms with van der Waals surface area (Å²) in [6, 6.07) is 17.8. The maximum atomic E-state index is 11.6. The number of carboxylic acids is 1. The summed E-state index contributed by atoms with van der Waals surface area (Å²) in [5.74, 6) is -0.893. The largest absolute Gasteiger partial charge is 0.479 e. The van der Waals surface area contributed by atoms with E-state index in [9.17, 15) is 9.90 Å². The number of rotatable bonds is 10. The van der Waals surface area contributed by atoms with E-state index in [1.165, 1.54) is 0 Å². The number of unbranched alkanes of at least 4 members (excludes halogenated alkanes) is 4. The molecule has 156 valence electrons. The smallest absolute Gasteiger partial charge is 0.343 e. The molecule has 2 aromatic carbocycles. The maximum absolute atomic E-state index is 11.6. The predicted octanol–water partition coefficient (Wildman–Crippen LogP) is 5.93. The third-order valence-electron chi connectivity index (χ3n) is 5.84. The molecule has 1 N–H and O–H groups in total. The molecule has 0 bridgehead atoms. The summed E-state index contributed by atoms with van der Waals surface area (Å²) in [5.41, 5.74) is 2.77. The average Bonchev–Trinajstić information content (AvgIpc) is 3.56. The molecular formula is C25H26ClNO3. The number of ether oxygens (including phenoxy) is 1. The molecule has 1 fully saturated rings. The summed E-state index contributed by atoms with van der Waals surface area (Å²) in [4.78, 5) is 16.3. The van der Waals surface area contributed by atoms with Gasteiger partial charge in [0.1, 0.15) is 0 Å². The maximum Gasteiger partial charge on any atom is 0.343 e. The molecule has 4 nitrogen and oxygen atoms in total. The molecule has 30 heavy (non-hydrogen) atoms. The first-order valence-electron chi connectivity index (χ1n) is 10.6. The highest BCUT2D eigenvalue weighted by Gasteiger charge is 2.55. The number of benzene rings is 2. The average molecular weight is 424 g/mol. The number of carboxylic acid groups (broad SMARTS) is 1. The Morgan fingerprint density at radius 2 is 1.67 bits per heavy atom. The number of fused-ring (bicyclic) bond motifs is 1. The Kier molecular flexibility index (Phi) is 6.35. The number of aromatic nitrogens is 1. The first-order chi connectivity index (χ1) is 14.6. The van der Waals surface area contributed by atoms with E-state index >= 15 is 0 Å². The molecule has 4 rings (SSSR count). The van der Waals surface area contributed by atoms with E-state index in [2.05, 4.69) is 0 Å². The van der Waals surface area contributed by atoms with Crippen LogP contribution in [-0.4, -0.2) is 22.7 Å². The zero-order valence-electron chi connectivity index (χ0n) is 16.9. The molecular weight excluding hydrogens is 398 g/mol. The topological polar surface area (TPSA) is 62.7 Å². The first-order valence-corrected chi connectivity index (χ1v) is 11.0. The number of aryl methyl sites for hydroxylation is 2. The van der Waals surface area contributed by atoms with Crippen LogP contribution in [0.5, 0.6) is 0 Å². The number of aliphatic carboxylic acids is 1. The molecule has 3 aromatic rings. The SMILES string of the molecule is O=C(O)C1(c2ccccc2CCCCCCCc2nc3ccccc3cc2Cl)CO1. The second kappa shape index (κ2) is 9.15. The summed E-state index contributed by atoms with van der Waals surface area (Å²) < 4.78 is 5.31. The first kappa shape index (κ1) is 20.8. The van der Waals surface area contributed by atoms with Crippen molar-refractivity contribution in [1.29, 1.82) is 0 Å². The normalized spacial score (nSPS) is 17.9. The van der Waals surface area contributed by atoms with Gasteiger partial charge >= 0.3 is 5.97 Å². The van der Waals surface area contributed by atoms with Crippen LogP contribution in [0.15, 0.2) is 54.6 Å². The molecule has 1 atom stereocenters. The third-order valence-corrected chi connectivity index (χ3v) is 6.17. The van der Waals surface area contributed by atoms with Crippen LogP contribution >= 0.6 is 11.6 Å². The van der Waals surface area contributed by atoms with Gasteiger partial charge in [0, 0.05) is 10.9 Å². The van der Waals surface area contributed by atoms with Gasteiger partial charge in [-0.05, 0) is 43.4 Å². The Labute approximate surface area is 181 Å². The van der Waals surface area contributed by atoms with Gasteiger partial charge in [-0.3, -0.25) is 4.98 Å². The number of halogens is 1. The van der Waals surface area contributed by atoms with Crippen molar-refractivity contribution in [2.75, 3.05) is 6.61 Å². The van der Waals surface area contributed by atoms with E-state index in [1.807, 2.05) is 54.6 Å². The molecule has 1 unspecified atom stereocenters. The predicted molar refractivity (Wildman–Crippen MR) is 119 cm³/mol. The molecule has 0 radical (unpaired) electrons. The fourth-order valence-corrected chi connectivity index (χ4v) is 4.30. The van der Waals surface area contributed by atoms with E-state index in [-0.39, 0.29) is 6.61 Å². The minimum atomic E-state index is -1.11. The fraction of sp³-hybridized carbons (Fsp3) is 0.360. The van der Waals surface area contributed by atoms with Crippen molar-refractivity contribution in [2.45, 2.75) is 50.5 Å². The molecule has 5 heteroatoms. The number of hydrogen-bond donors (Lipinski definition) is 1. The van der Waals surface area contributed by atoms with Crippen molar-refractivity contribution >= 4 is 28.5 Å². The summed E-state index contributed by atoms with van der Waals surface area (Å²) in [5, 5.41) is 11.3. The van der Waals surface area contributed by atoms with Crippen molar-refractivity contribution in [3.63, 3.8) is 0 Å². The number of nitrogens with zero attached hydrogens (tertiary/aromatic N) is 1. The standard InChI is InChI=1S/C25H26ClNO3/c26-21-16-19-12-7-9-14-22(19)27-23(21)15-5-3-1-2-4-10-18-11-6-8-13-20(18)25(17-30-25)24(28)29/h6-9,11-14,16H,1-5,10,15,17H2,(H,28,29). The van der Waals surface area contributed by atoms with Crippen molar-refractivity contribution in [3.05, 3.63) is 76.4 Å². The van der Waals surface area contributed by atoms with Gasteiger partial charge in [0.15, 0.2) is 0 Å². The van der Waals surface area contributed by atoms with Gasteiger partial charge < -0.3 is 9.84 Å². The highest BCUT2D eigenvalue weighted by molar-refractivity contribution is 6.31. The third kappa shape index (κ3) is 4.50. The molecule has 0 aliphatic carbocycles. The van der Waals surface area contributed by atoms with Gasteiger partial charge in [0.25, 0.3) is 0 Å². The molecule has 1 saturated heterocycles. The van der Waals surface area contributed by atoms with E-state index < -0.39 is 11.6 Å². The molecule has 0 amide bonds. The molecule has 2 heterocycles. The minimum absolute atomic E-state index is 0.269. The van der Waals surface area contributed by atoms with Crippen LogP contribution in [0.1, 0.15) is 48.9 Å². The summed E-state index contributed by atoms with van der Waals surface area (Å²) in [6.07, 6.45) is 7.29. The van der Waals surface area contributed by atoms with Crippen LogP contribution < -0.4 is 0 Å².